The minimum absolute atomic E-state index is 0.261. The number of hydrogen-bond donors (Lipinski definition) is 1. The smallest absolute Gasteiger partial charge is 0.326 e. The number of Topliss-reactive ketones (excluding diaryl/α,β-unsaturated/α-hetero) is 1. The van der Waals surface area contributed by atoms with Crippen molar-refractivity contribution in [2.45, 2.75) is 12.5 Å². The van der Waals surface area contributed by atoms with Crippen LogP contribution in [0.15, 0.2) is 48.5 Å². The molecular formula is C22H22N2O7. The normalized spacial score (nSPS) is 17.8. The molecule has 0 saturated carbocycles. The van der Waals surface area contributed by atoms with Crippen molar-refractivity contribution in [3.8, 4) is 11.5 Å². The van der Waals surface area contributed by atoms with Crippen LogP contribution >= 0.6 is 0 Å². The Kier molecular flexibility index (Phi) is 6.24. The van der Waals surface area contributed by atoms with E-state index in [0.717, 1.165) is 4.90 Å². The standard InChI is InChI=1S/C22H22N2O7/c1-22(15-7-5-4-6-8-15)20(27)24(21(28)23-22)12-19(26)31-13-16(25)14-9-10-17(29-2)18(11-14)30-3/h4-11H,12-13H2,1-3H3,(H,23,28)/t22-/m0/s1. The molecule has 1 heterocycles. The van der Waals surface area contributed by atoms with Crippen molar-refractivity contribution in [2.75, 3.05) is 27.4 Å². The molecule has 0 radical (unpaired) electrons. The number of nitrogens with one attached hydrogen (secondary N) is 1. The molecule has 2 aromatic carbocycles. The van der Waals surface area contributed by atoms with E-state index in [1.807, 2.05) is 0 Å². The molecule has 1 N–H and O–H groups in total. The van der Waals surface area contributed by atoms with Gasteiger partial charge in [-0.2, -0.15) is 0 Å². The van der Waals surface area contributed by atoms with Gasteiger partial charge in [0.2, 0.25) is 0 Å². The summed E-state index contributed by atoms with van der Waals surface area (Å²) in [4.78, 5) is 50.4. The van der Waals surface area contributed by atoms with E-state index in [1.165, 1.54) is 26.4 Å². The van der Waals surface area contributed by atoms with Crippen molar-refractivity contribution in [1.29, 1.82) is 0 Å². The monoisotopic (exact) mass is 426 g/mol. The van der Waals surface area contributed by atoms with E-state index >= 15 is 0 Å². The zero-order valence-electron chi connectivity index (χ0n) is 17.3. The Balaban J connectivity index is 1.61. The lowest BCUT2D eigenvalue weighted by atomic mass is 9.92. The summed E-state index contributed by atoms with van der Waals surface area (Å²) in [6.07, 6.45) is 0. The maximum atomic E-state index is 12.8. The van der Waals surface area contributed by atoms with E-state index in [1.54, 1.807) is 43.3 Å². The first-order chi connectivity index (χ1) is 14.8. The van der Waals surface area contributed by atoms with E-state index in [0.29, 0.717) is 17.1 Å². The molecule has 0 unspecified atom stereocenters. The summed E-state index contributed by atoms with van der Waals surface area (Å²) in [6, 6.07) is 12.5. The zero-order valence-corrected chi connectivity index (χ0v) is 17.3. The topological polar surface area (TPSA) is 111 Å². The first-order valence-electron chi connectivity index (χ1n) is 9.40. The maximum absolute atomic E-state index is 12.8. The Hall–Kier alpha value is -3.88. The lowest BCUT2D eigenvalue weighted by Crippen LogP contribution is -2.41. The fraction of sp³-hybridized carbons (Fsp3) is 0.273. The molecule has 9 nitrogen and oxygen atoms in total. The molecule has 0 bridgehead atoms. The number of amides is 3. The molecule has 1 fully saturated rings. The number of hydrogen-bond acceptors (Lipinski definition) is 7. The van der Waals surface area contributed by atoms with Gasteiger partial charge in [0.1, 0.15) is 12.1 Å². The minimum atomic E-state index is -1.28. The number of ether oxygens (including phenoxy) is 3. The molecule has 1 aliphatic rings. The second kappa shape index (κ2) is 8.86. The van der Waals surface area contributed by atoms with E-state index in [9.17, 15) is 19.2 Å². The van der Waals surface area contributed by atoms with Crippen LogP contribution in [-0.4, -0.2) is 56.0 Å². The van der Waals surface area contributed by atoms with Gasteiger partial charge in [-0.05, 0) is 30.7 Å². The SMILES string of the molecule is COc1ccc(C(=O)COC(=O)CN2C(=O)N[C@@](C)(c3ccccc3)C2=O)cc1OC. The van der Waals surface area contributed by atoms with Gasteiger partial charge in [0, 0.05) is 5.56 Å². The number of esters is 1. The highest BCUT2D eigenvalue weighted by atomic mass is 16.5. The second-order valence-corrected chi connectivity index (χ2v) is 6.97. The van der Waals surface area contributed by atoms with E-state index in [-0.39, 0.29) is 5.56 Å². The van der Waals surface area contributed by atoms with Crippen molar-refractivity contribution < 1.29 is 33.4 Å². The van der Waals surface area contributed by atoms with Gasteiger partial charge in [-0.15, -0.1) is 0 Å². The quantitative estimate of drug-likeness (QED) is 0.390. The van der Waals surface area contributed by atoms with Crippen LogP contribution in [0.25, 0.3) is 0 Å². The van der Waals surface area contributed by atoms with Crippen LogP contribution in [0.2, 0.25) is 0 Å². The van der Waals surface area contributed by atoms with Crippen LogP contribution < -0.4 is 14.8 Å². The number of carbonyl (C=O) groups is 4. The van der Waals surface area contributed by atoms with E-state index in [2.05, 4.69) is 5.32 Å². The third-order valence-electron chi connectivity index (χ3n) is 4.98. The van der Waals surface area contributed by atoms with E-state index in [4.69, 9.17) is 14.2 Å². The predicted octanol–water partition coefficient (Wildman–Crippen LogP) is 1.90. The number of urea groups is 1. The Morgan fingerprint density at radius 2 is 1.68 bits per heavy atom. The lowest BCUT2D eigenvalue weighted by molar-refractivity contribution is -0.146. The van der Waals surface area contributed by atoms with Crippen molar-refractivity contribution in [2.24, 2.45) is 0 Å². The predicted molar refractivity (Wildman–Crippen MR) is 109 cm³/mol. The van der Waals surface area contributed by atoms with Gasteiger partial charge >= 0.3 is 12.0 Å². The number of imide groups is 1. The van der Waals surface area contributed by atoms with Gasteiger partial charge in [0.15, 0.2) is 23.9 Å². The summed E-state index contributed by atoms with van der Waals surface area (Å²) in [5.74, 6) is -1.11. The average molecular weight is 426 g/mol. The van der Waals surface area contributed by atoms with Gasteiger partial charge < -0.3 is 19.5 Å². The second-order valence-electron chi connectivity index (χ2n) is 6.97. The fourth-order valence-corrected chi connectivity index (χ4v) is 3.22. The highest BCUT2D eigenvalue weighted by Gasteiger charge is 2.49. The van der Waals surface area contributed by atoms with Gasteiger partial charge in [-0.3, -0.25) is 19.3 Å². The summed E-state index contributed by atoms with van der Waals surface area (Å²) < 4.78 is 15.2. The van der Waals surface area contributed by atoms with Crippen LogP contribution in [-0.2, 0) is 19.9 Å². The van der Waals surface area contributed by atoms with Crippen LogP contribution in [0.5, 0.6) is 11.5 Å². The van der Waals surface area contributed by atoms with Gasteiger partial charge in [-0.25, -0.2) is 4.79 Å². The number of carbonyl (C=O) groups excluding carboxylic acids is 4. The zero-order chi connectivity index (χ0) is 22.6. The molecule has 162 valence electrons. The third kappa shape index (κ3) is 4.35. The summed E-state index contributed by atoms with van der Waals surface area (Å²) >= 11 is 0. The molecule has 31 heavy (non-hydrogen) atoms. The van der Waals surface area contributed by atoms with Crippen molar-refractivity contribution >= 4 is 23.7 Å². The molecular weight excluding hydrogens is 404 g/mol. The highest BCUT2D eigenvalue weighted by molar-refractivity contribution is 6.09. The summed E-state index contributed by atoms with van der Waals surface area (Å²) in [5.41, 5.74) is -0.432. The van der Waals surface area contributed by atoms with E-state index < -0.39 is 42.4 Å². The number of nitrogens with zero attached hydrogens (tertiary/aromatic N) is 1. The average Bonchev–Trinajstić information content (AvgIpc) is 3.01. The third-order valence-corrected chi connectivity index (χ3v) is 4.98. The lowest BCUT2D eigenvalue weighted by Gasteiger charge is -2.21. The Labute approximate surface area is 178 Å². The molecule has 3 amide bonds. The Bertz CT molecular complexity index is 1020. The van der Waals surface area contributed by atoms with Gasteiger partial charge in [0.05, 0.1) is 14.2 Å². The van der Waals surface area contributed by atoms with Crippen molar-refractivity contribution in [1.82, 2.24) is 10.2 Å². The number of ketones is 1. The molecule has 0 aromatic heterocycles. The molecule has 9 heteroatoms. The highest BCUT2D eigenvalue weighted by Crippen LogP contribution is 2.29. The number of methoxy groups -OCH3 is 2. The van der Waals surface area contributed by atoms with Gasteiger partial charge in [0.25, 0.3) is 5.91 Å². The summed E-state index contributed by atoms with van der Waals surface area (Å²) in [5, 5.41) is 2.60. The molecule has 1 atom stereocenters. The molecule has 1 saturated heterocycles. The maximum Gasteiger partial charge on any atom is 0.326 e. The first-order valence-corrected chi connectivity index (χ1v) is 9.40. The van der Waals surface area contributed by atoms with Crippen molar-refractivity contribution in [3.05, 3.63) is 59.7 Å². The summed E-state index contributed by atoms with van der Waals surface area (Å²) in [7, 11) is 2.91. The van der Waals surface area contributed by atoms with Crippen LogP contribution in [0, 0.1) is 0 Å². The van der Waals surface area contributed by atoms with Crippen LogP contribution in [0.4, 0.5) is 4.79 Å². The first kappa shape index (κ1) is 21.8. The molecule has 3 rings (SSSR count). The molecule has 0 spiro atoms. The Morgan fingerprint density at radius 1 is 1.00 bits per heavy atom. The molecule has 1 aliphatic heterocycles. The Morgan fingerprint density at radius 3 is 2.32 bits per heavy atom. The molecule has 2 aromatic rings. The summed E-state index contributed by atoms with van der Waals surface area (Å²) in [6.45, 7) is 0.411. The number of benzene rings is 2. The minimum Gasteiger partial charge on any atom is -0.493 e. The van der Waals surface area contributed by atoms with Crippen LogP contribution in [0.3, 0.4) is 0 Å². The fourth-order valence-electron chi connectivity index (χ4n) is 3.22. The largest absolute Gasteiger partial charge is 0.493 e. The van der Waals surface area contributed by atoms with Gasteiger partial charge in [-0.1, -0.05) is 30.3 Å². The van der Waals surface area contributed by atoms with Crippen molar-refractivity contribution in [3.63, 3.8) is 0 Å². The van der Waals surface area contributed by atoms with Crippen LogP contribution in [0.1, 0.15) is 22.8 Å². The number of rotatable bonds is 8. The molecule has 0 aliphatic carbocycles.